The molecule has 1 atom stereocenters. The summed E-state index contributed by atoms with van der Waals surface area (Å²) in [5.41, 5.74) is 1.13. The number of amidine groups is 1. The fraction of sp³-hybridized carbons (Fsp3) is 0.727. The molecular formula is C11H17N3O2S. The molecule has 5 nitrogen and oxygen atoms in total. The highest BCUT2D eigenvalue weighted by molar-refractivity contribution is 8.15. The molecule has 1 aliphatic carbocycles. The number of carbonyl (C=O) groups excluding carboxylic acids is 1. The van der Waals surface area contributed by atoms with E-state index in [-0.39, 0.29) is 17.8 Å². The Morgan fingerprint density at radius 1 is 1.29 bits per heavy atom. The van der Waals surface area contributed by atoms with E-state index in [1.165, 1.54) is 31.0 Å². The number of thioether (sulfide) groups is 1. The summed E-state index contributed by atoms with van der Waals surface area (Å²) >= 11 is 1.35. The lowest BCUT2D eigenvalue weighted by Gasteiger charge is -2.10. The Hall–Kier alpha value is -0.880. The lowest BCUT2D eigenvalue weighted by molar-refractivity contribution is -0.119. The summed E-state index contributed by atoms with van der Waals surface area (Å²) in [5.74, 6) is -0.0772. The van der Waals surface area contributed by atoms with Gasteiger partial charge in [0.25, 0.3) is 0 Å². The van der Waals surface area contributed by atoms with Crippen LogP contribution in [0.2, 0.25) is 0 Å². The minimum atomic E-state index is -0.217. The fourth-order valence-electron chi connectivity index (χ4n) is 1.94. The number of hydrogen-bond acceptors (Lipinski definition) is 5. The first-order valence-corrected chi connectivity index (χ1v) is 6.89. The van der Waals surface area contributed by atoms with Crippen molar-refractivity contribution in [3.05, 3.63) is 0 Å². The molecule has 0 aromatic rings. The molecule has 1 saturated carbocycles. The minimum Gasteiger partial charge on any atom is -0.396 e. The molecule has 2 rings (SSSR count). The Bertz CT molecular complexity index is 347. The maximum absolute atomic E-state index is 11.5. The standard InChI is InChI=1S/C11H17N3O2S/c15-7-6-9-10(16)12-11(17-9)14-13-8-4-2-1-3-5-8/h9,15H,1-7H2,(H,12,14,16). The summed E-state index contributed by atoms with van der Waals surface area (Å²) in [6.07, 6.45) is 6.17. The lowest BCUT2D eigenvalue weighted by atomic mass is 9.99. The van der Waals surface area contributed by atoms with Gasteiger partial charge in [-0.25, -0.2) is 0 Å². The van der Waals surface area contributed by atoms with Crippen LogP contribution >= 0.6 is 11.8 Å². The number of nitrogens with one attached hydrogen (secondary N) is 1. The maximum Gasteiger partial charge on any atom is 0.239 e. The Kier molecular flexibility index (Phi) is 4.56. The highest BCUT2D eigenvalue weighted by Gasteiger charge is 2.29. The molecule has 2 aliphatic rings. The molecule has 94 valence electrons. The van der Waals surface area contributed by atoms with Gasteiger partial charge in [-0.05, 0) is 32.1 Å². The summed E-state index contributed by atoms with van der Waals surface area (Å²) in [7, 11) is 0. The highest BCUT2D eigenvalue weighted by Crippen LogP contribution is 2.22. The molecular weight excluding hydrogens is 238 g/mol. The molecule has 0 spiro atoms. The summed E-state index contributed by atoms with van der Waals surface area (Å²) in [4.78, 5) is 11.5. The van der Waals surface area contributed by atoms with Crippen LogP contribution in [0.15, 0.2) is 10.2 Å². The van der Waals surface area contributed by atoms with Gasteiger partial charge in [0.15, 0.2) is 5.17 Å². The number of rotatable bonds is 3. The molecule has 0 bridgehead atoms. The molecule has 1 heterocycles. The SMILES string of the molecule is O=C1N/C(=N\N=C2CCCCC2)SC1CCO. The van der Waals surface area contributed by atoms with Crippen molar-refractivity contribution in [2.75, 3.05) is 6.61 Å². The van der Waals surface area contributed by atoms with Gasteiger partial charge in [0.05, 0.1) is 5.25 Å². The molecule has 1 saturated heterocycles. The van der Waals surface area contributed by atoms with E-state index in [2.05, 4.69) is 15.5 Å². The zero-order valence-electron chi connectivity index (χ0n) is 9.69. The summed E-state index contributed by atoms with van der Waals surface area (Å²) in [6, 6.07) is 0. The molecule has 6 heteroatoms. The number of hydrogen-bond donors (Lipinski definition) is 2. The van der Waals surface area contributed by atoms with Crippen LogP contribution in [0.25, 0.3) is 0 Å². The van der Waals surface area contributed by atoms with Crippen molar-refractivity contribution in [2.45, 2.75) is 43.8 Å². The van der Waals surface area contributed by atoms with Crippen molar-refractivity contribution in [1.82, 2.24) is 5.32 Å². The molecule has 0 aromatic carbocycles. The molecule has 0 aromatic heterocycles. The third-order valence-corrected chi connectivity index (χ3v) is 4.02. The minimum absolute atomic E-state index is 0.0207. The third-order valence-electron chi connectivity index (χ3n) is 2.88. The van der Waals surface area contributed by atoms with E-state index in [1.807, 2.05) is 0 Å². The number of amides is 1. The summed E-state index contributed by atoms with van der Waals surface area (Å²) < 4.78 is 0. The number of aliphatic hydroxyl groups excluding tert-OH is 1. The van der Waals surface area contributed by atoms with Crippen LogP contribution in [0.3, 0.4) is 0 Å². The van der Waals surface area contributed by atoms with E-state index in [0.29, 0.717) is 11.6 Å². The monoisotopic (exact) mass is 255 g/mol. The summed E-state index contributed by atoms with van der Waals surface area (Å²) in [6.45, 7) is 0.0207. The highest BCUT2D eigenvalue weighted by atomic mass is 32.2. The van der Waals surface area contributed by atoms with Gasteiger partial charge in [-0.3, -0.25) is 4.79 Å². The van der Waals surface area contributed by atoms with E-state index in [9.17, 15) is 4.79 Å². The predicted molar refractivity (Wildman–Crippen MR) is 69.2 cm³/mol. The predicted octanol–water partition coefficient (Wildman–Crippen LogP) is 1.28. The Morgan fingerprint density at radius 2 is 2.06 bits per heavy atom. The normalized spacial score (nSPS) is 27.4. The van der Waals surface area contributed by atoms with Crippen LogP contribution in [-0.2, 0) is 4.79 Å². The molecule has 1 unspecified atom stereocenters. The van der Waals surface area contributed by atoms with Crippen LogP contribution in [0.4, 0.5) is 0 Å². The van der Waals surface area contributed by atoms with Crippen LogP contribution in [0, 0.1) is 0 Å². The van der Waals surface area contributed by atoms with Gasteiger partial charge in [0, 0.05) is 12.3 Å². The second-order valence-corrected chi connectivity index (χ2v) is 5.43. The van der Waals surface area contributed by atoms with Gasteiger partial charge >= 0.3 is 0 Å². The molecule has 1 aliphatic heterocycles. The Labute approximate surface area is 105 Å². The van der Waals surface area contributed by atoms with Gasteiger partial charge < -0.3 is 10.4 Å². The Morgan fingerprint density at radius 3 is 2.76 bits per heavy atom. The van der Waals surface area contributed by atoms with Gasteiger partial charge in [-0.1, -0.05) is 18.2 Å². The molecule has 17 heavy (non-hydrogen) atoms. The number of carbonyl (C=O) groups is 1. The molecule has 2 N–H and O–H groups in total. The second kappa shape index (κ2) is 6.16. The van der Waals surface area contributed by atoms with Crippen molar-refractivity contribution in [2.24, 2.45) is 10.2 Å². The largest absolute Gasteiger partial charge is 0.396 e. The first kappa shape index (κ1) is 12.6. The first-order chi connectivity index (χ1) is 8.29. The van der Waals surface area contributed by atoms with E-state index in [0.717, 1.165) is 18.6 Å². The third kappa shape index (κ3) is 3.54. The quantitative estimate of drug-likeness (QED) is 0.746. The first-order valence-electron chi connectivity index (χ1n) is 6.01. The zero-order chi connectivity index (χ0) is 12.1. The maximum atomic E-state index is 11.5. The van der Waals surface area contributed by atoms with Crippen LogP contribution in [0.1, 0.15) is 38.5 Å². The topological polar surface area (TPSA) is 74.0 Å². The van der Waals surface area contributed by atoms with Crippen molar-refractivity contribution >= 4 is 28.5 Å². The average molecular weight is 255 g/mol. The van der Waals surface area contributed by atoms with Crippen LogP contribution < -0.4 is 5.32 Å². The van der Waals surface area contributed by atoms with Crippen LogP contribution in [-0.4, -0.2) is 33.7 Å². The van der Waals surface area contributed by atoms with E-state index in [4.69, 9.17) is 5.11 Å². The average Bonchev–Trinajstić information content (AvgIpc) is 2.70. The zero-order valence-corrected chi connectivity index (χ0v) is 10.5. The van der Waals surface area contributed by atoms with Gasteiger partial charge in [-0.2, -0.15) is 5.10 Å². The Balaban J connectivity index is 1.92. The van der Waals surface area contributed by atoms with Crippen LogP contribution in [0.5, 0.6) is 0 Å². The van der Waals surface area contributed by atoms with Crippen molar-refractivity contribution in [1.29, 1.82) is 0 Å². The molecule has 1 amide bonds. The lowest BCUT2D eigenvalue weighted by Crippen LogP contribution is -2.25. The van der Waals surface area contributed by atoms with E-state index >= 15 is 0 Å². The van der Waals surface area contributed by atoms with Crippen molar-refractivity contribution in [3.63, 3.8) is 0 Å². The van der Waals surface area contributed by atoms with Gasteiger partial charge in [0.2, 0.25) is 5.91 Å². The van der Waals surface area contributed by atoms with Gasteiger partial charge in [0.1, 0.15) is 0 Å². The summed E-state index contributed by atoms with van der Waals surface area (Å²) in [5, 5.41) is 20.1. The van der Waals surface area contributed by atoms with Crippen molar-refractivity contribution in [3.8, 4) is 0 Å². The van der Waals surface area contributed by atoms with E-state index < -0.39 is 0 Å². The molecule has 0 radical (unpaired) electrons. The fourth-order valence-corrected chi connectivity index (χ4v) is 2.84. The van der Waals surface area contributed by atoms with E-state index in [1.54, 1.807) is 0 Å². The number of nitrogens with zero attached hydrogens (tertiary/aromatic N) is 2. The molecule has 2 fully saturated rings. The van der Waals surface area contributed by atoms with Gasteiger partial charge in [-0.15, -0.1) is 5.10 Å². The second-order valence-electron chi connectivity index (χ2n) is 4.24. The smallest absolute Gasteiger partial charge is 0.239 e. The van der Waals surface area contributed by atoms with Crippen molar-refractivity contribution < 1.29 is 9.90 Å². The number of aliphatic hydroxyl groups is 1.